The number of fused-ring (bicyclic) bond motifs is 12. The maximum Gasteiger partial charge on any atom is 0.0468 e. The summed E-state index contributed by atoms with van der Waals surface area (Å²) in [5.74, 6) is 0. The van der Waals surface area contributed by atoms with Crippen molar-refractivity contribution in [2.75, 3.05) is 9.80 Å². The van der Waals surface area contributed by atoms with Gasteiger partial charge in [-0.15, -0.1) is 0 Å². The fraction of sp³-hybridized carbons (Fsp3) is 0.100. The number of rotatable bonds is 6. The van der Waals surface area contributed by atoms with Gasteiger partial charge in [-0.25, -0.2) is 0 Å². The first-order chi connectivity index (χ1) is 30.3. The molecule has 0 radical (unpaired) electrons. The molecule has 62 heavy (non-hydrogen) atoms. The van der Waals surface area contributed by atoms with Crippen LogP contribution < -0.4 is 9.80 Å². The van der Waals surface area contributed by atoms with Crippen LogP contribution in [0.3, 0.4) is 0 Å². The molecule has 0 N–H and O–H groups in total. The second-order valence-electron chi connectivity index (χ2n) is 18.1. The van der Waals surface area contributed by atoms with Crippen molar-refractivity contribution in [1.82, 2.24) is 0 Å². The first-order valence-electron chi connectivity index (χ1n) is 21.8. The average molecular weight is 795 g/mol. The number of benzene rings is 10. The van der Waals surface area contributed by atoms with Gasteiger partial charge in [0.25, 0.3) is 0 Å². The van der Waals surface area contributed by atoms with Crippen LogP contribution in [-0.2, 0) is 10.8 Å². The molecule has 0 spiro atoms. The molecule has 10 aromatic rings. The zero-order valence-corrected chi connectivity index (χ0v) is 35.5. The summed E-state index contributed by atoms with van der Waals surface area (Å²) in [4.78, 5) is 4.87. The molecule has 0 atom stereocenters. The highest BCUT2D eigenvalue weighted by Gasteiger charge is 2.37. The number of anilines is 6. The van der Waals surface area contributed by atoms with Crippen LogP contribution >= 0.6 is 0 Å². The number of nitrogens with zero attached hydrogens (tertiary/aromatic N) is 2. The number of para-hydroxylation sites is 2. The molecule has 0 aliphatic heterocycles. The third-order valence-electron chi connectivity index (χ3n) is 14.0. The van der Waals surface area contributed by atoms with Gasteiger partial charge < -0.3 is 9.80 Å². The molecule has 0 unspecified atom stereocenters. The zero-order valence-electron chi connectivity index (χ0n) is 35.5. The summed E-state index contributed by atoms with van der Waals surface area (Å²) in [6.07, 6.45) is 0. The Labute approximate surface area is 364 Å². The van der Waals surface area contributed by atoms with Crippen LogP contribution in [0.1, 0.15) is 49.9 Å². The normalized spacial score (nSPS) is 14.1. The van der Waals surface area contributed by atoms with E-state index in [0.29, 0.717) is 0 Å². The van der Waals surface area contributed by atoms with E-state index in [1.807, 2.05) is 0 Å². The predicted octanol–water partition coefficient (Wildman–Crippen LogP) is 16.7. The van der Waals surface area contributed by atoms with E-state index in [4.69, 9.17) is 0 Å². The first kappa shape index (κ1) is 36.4. The van der Waals surface area contributed by atoms with Crippen molar-refractivity contribution >= 4 is 66.4 Å². The molecule has 2 heteroatoms. The molecule has 0 saturated heterocycles. The van der Waals surface area contributed by atoms with Gasteiger partial charge in [0.05, 0.1) is 0 Å². The largest absolute Gasteiger partial charge is 0.310 e. The van der Waals surface area contributed by atoms with Crippen molar-refractivity contribution in [2.45, 2.75) is 38.5 Å². The quantitative estimate of drug-likeness (QED) is 0.155. The molecule has 0 heterocycles. The summed E-state index contributed by atoms with van der Waals surface area (Å²) in [5, 5.41) is 7.47. The van der Waals surface area contributed by atoms with Gasteiger partial charge in [0, 0.05) is 45.0 Å². The number of hydrogen-bond donors (Lipinski definition) is 0. The molecule has 0 amide bonds. The molecule has 296 valence electrons. The van der Waals surface area contributed by atoms with Crippen LogP contribution in [0.5, 0.6) is 0 Å². The topological polar surface area (TPSA) is 6.48 Å². The SMILES string of the molecule is CC1(C)c2ccccc2-c2ccc(N(c3ccccc3)c3ccc4c5ccccc5c5ccc(N(c6ccccc6)c6ccc7c(c6)C(C)(C)c6ccccc6-7)cc5c4c3)cc21. The molecule has 10 aromatic carbocycles. The van der Waals surface area contributed by atoms with Crippen LogP contribution in [0.15, 0.2) is 206 Å². The lowest BCUT2D eigenvalue weighted by atomic mass is 9.82. The highest BCUT2D eigenvalue weighted by atomic mass is 15.1. The minimum Gasteiger partial charge on any atom is -0.310 e. The fourth-order valence-electron chi connectivity index (χ4n) is 10.9. The molecule has 2 aliphatic carbocycles. The van der Waals surface area contributed by atoms with Gasteiger partial charge in [-0.1, -0.05) is 161 Å². The standard InChI is InChI=1S/C60H46N2/c1-59(2)55-25-15-13-23-49(55)51-33-29-43(37-57(51)59)61(39-17-7-5-8-18-39)41-27-31-47-45-21-11-12-22-46(45)48-32-28-42(36-54(48)53(47)35-41)62(40-19-9-6-10-20-40)44-30-34-52-50-24-14-16-26-56(50)60(3,4)58(52)38-44/h5-38H,1-4H3. The smallest absolute Gasteiger partial charge is 0.0468 e. The summed E-state index contributed by atoms with van der Waals surface area (Å²) in [7, 11) is 0. The second kappa shape index (κ2) is 13.5. The lowest BCUT2D eigenvalue weighted by molar-refractivity contribution is 0.660. The van der Waals surface area contributed by atoms with E-state index >= 15 is 0 Å². The van der Waals surface area contributed by atoms with E-state index in [1.54, 1.807) is 0 Å². The molecule has 12 rings (SSSR count). The maximum atomic E-state index is 2.43. The molecule has 2 aliphatic rings. The predicted molar refractivity (Wildman–Crippen MR) is 263 cm³/mol. The first-order valence-corrected chi connectivity index (χ1v) is 21.8. The summed E-state index contributed by atoms with van der Waals surface area (Å²) in [6, 6.07) is 76.6. The van der Waals surface area contributed by atoms with Crippen molar-refractivity contribution in [3.8, 4) is 22.3 Å². The van der Waals surface area contributed by atoms with Crippen molar-refractivity contribution in [3.05, 3.63) is 229 Å². The van der Waals surface area contributed by atoms with Crippen LogP contribution in [0.25, 0.3) is 54.6 Å². The van der Waals surface area contributed by atoms with E-state index in [1.165, 1.54) is 76.8 Å². The zero-order chi connectivity index (χ0) is 41.7. The van der Waals surface area contributed by atoms with Gasteiger partial charge in [0.1, 0.15) is 0 Å². The van der Waals surface area contributed by atoms with Crippen molar-refractivity contribution in [3.63, 3.8) is 0 Å². The lowest BCUT2D eigenvalue weighted by Gasteiger charge is -2.29. The summed E-state index contributed by atoms with van der Waals surface area (Å²) < 4.78 is 0. The van der Waals surface area contributed by atoms with E-state index in [9.17, 15) is 0 Å². The second-order valence-corrected chi connectivity index (χ2v) is 18.1. The molecular formula is C60H46N2. The van der Waals surface area contributed by atoms with Gasteiger partial charge in [-0.05, 0) is 150 Å². The summed E-state index contributed by atoms with van der Waals surface area (Å²) in [6.45, 7) is 9.45. The monoisotopic (exact) mass is 794 g/mol. The molecule has 0 bridgehead atoms. The molecule has 0 fully saturated rings. The van der Waals surface area contributed by atoms with E-state index < -0.39 is 0 Å². The van der Waals surface area contributed by atoms with Crippen molar-refractivity contribution in [1.29, 1.82) is 0 Å². The molecule has 0 aromatic heterocycles. The van der Waals surface area contributed by atoms with Gasteiger partial charge >= 0.3 is 0 Å². The van der Waals surface area contributed by atoms with Crippen molar-refractivity contribution < 1.29 is 0 Å². The van der Waals surface area contributed by atoms with Crippen LogP contribution in [-0.4, -0.2) is 0 Å². The minimum absolute atomic E-state index is 0.109. The minimum atomic E-state index is -0.109. The average Bonchev–Trinajstić information content (AvgIpc) is 3.69. The summed E-state index contributed by atoms with van der Waals surface area (Å²) in [5.41, 5.74) is 17.4. The summed E-state index contributed by atoms with van der Waals surface area (Å²) >= 11 is 0. The van der Waals surface area contributed by atoms with E-state index in [0.717, 1.165) is 34.1 Å². The van der Waals surface area contributed by atoms with Crippen LogP contribution in [0.4, 0.5) is 34.1 Å². The van der Waals surface area contributed by atoms with Gasteiger partial charge in [-0.2, -0.15) is 0 Å². The van der Waals surface area contributed by atoms with E-state index in [-0.39, 0.29) is 10.8 Å². The Morgan fingerprint density at radius 2 is 0.565 bits per heavy atom. The van der Waals surface area contributed by atoms with Gasteiger partial charge in [0.15, 0.2) is 0 Å². The Hall–Kier alpha value is -7.42. The van der Waals surface area contributed by atoms with Crippen LogP contribution in [0, 0.1) is 0 Å². The van der Waals surface area contributed by atoms with Gasteiger partial charge in [-0.3, -0.25) is 0 Å². The highest BCUT2D eigenvalue weighted by molar-refractivity contribution is 6.26. The Bertz CT molecular complexity index is 3190. The maximum absolute atomic E-state index is 2.43. The molecular weight excluding hydrogens is 749 g/mol. The third-order valence-corrected chi connectivity index (χ3v) is 14.0. The Kier molecular flexibility index (Phi) is 7.96. The Morgan fingerprint density at radius 1 is 0.242 bits per heavy atom. The van der Waals surface area contributed by atoms with Crippen molar-refractivity contribution in [2.24, 2.45) is 0 Å². The third kappa shape index (κ3) is 5.36. The van der Waals surface area contributed by atoms with Crippen LogP contribution in [0.2, 0.25) is 0 Å². The Balaban J connectivity index is 1.07. The fourth-order valence-corrected chi connectivity index (χ4v) is 10.9. The number of hydrogen-bond acceptors (Lipinski definition) is 2. The van der Waals surface area contributed by atoms with Gasteiger partial charge in [0.2, 0.25) is 0 Å². The van der Waals surface area contributed by atoms with E-state index in [2.05, 4.69) is 244 Å². The highest BCUT2D eigenvalue weighted by Crippen LogP contribution is 2.53. The Morgan fingerprint density at radius 3 is 1.00 bits per heavy atom. The lowest BCUT2D eigenvalue weighted by Crippen LogP contribution is -2.16. The molecule has 0 saturated carbocycles. The molecule has 2 nitrogen and oxygen atoms in total.